The Balaban J connectivity index is 3.32. The van der Waals surface area contributed by atoms with Crippen molar-refractivity contribution < 1.29 is 4.79 Å². The van der Waals surface area contributed by atoms with Gasteiger partial charge in [-0.15, -0.1) is 0 Å². The summed E-state index contributed by atoms with van der Waals surface area (Å²) < 4.78 is 0. The smallest absolute Gasteiger partial charge is 0.221 e. The Kier molecular flexibility index (Phi) is 15.6. The fourth-order valence-corrected chi connectivity index (χ4v) is 1.95. The van der Waals surface area contributed by atoms with Crippen LogP contribution in [-0.2, 0) is 4.79 Å². The summed E-state index contributed by atoms with van der Waals surface area (Å²) in [6.07, 6.45) is 24.0. The molecular weight excluding hydrogens is 268 g/mol. The van der Waals surface area contributed by atoms with Crippen molar-refractivity contribution >= 4 is 16.8 Å². The van der Waals surface area contributed by atoms with E-state index in [1.54, 1.807) is 0 Å². The van der Waals surface area contributed by atoms with E-state index in [4.69, 9.17) is 11.6 Å². The van der Waals surface area contributed by atoms with Gasteiger partial charge in [0.1, 0.15) is 0 Å². The van der Waals surface area contributed by atoms with Crippen LogP contribution in [0.4, 0.5) is 0 Å². The summed E-state index contributed by atoms with van der Waals surface area (Å²) in [5.41, 5.74) is 0. The summed E-state index contributed by atoms with van der Waals surface area (Å²) in [6, 6.07) is 0. The second kappa shape index (κ2) is 16.2. The van der Waals surface area contributed by atoms with Crippen LogP contribution in [0, 0.1) is 0 Å². The zero-order valence-corrected chi connectivity index (χ0v) is 13.6. The van der Waals surface area contributed by atoms with E-state index < -0.39 is 0 Å². The Hall–Kier alpha value is -0.820. The second-order valence-corrected chi connectivity index (χ2v) is 5.40. The van der Waals surface area contributed by atoms with Crippen molar-refractivity contribution in [3.63, 3.8) is 0 Å². The molecule has 20 heavy (non-hydrogen) atoms. The van der Waals surface area contributed by atoms with Crippen molar-refractivity contribution in [2.24, 2.45) is 0 Å². The standard InChI is InChI=1S/C18H29ClO/c1-2-3-4-5-6-7-8-9-10-11-12-13-14-15-16-17-18(19)20/h6-7,9-10,12-13H,2-5,8,11,14-17H2,1H3/b7-6+,10-9+,13-12-. The lowest BCUT2D eigenvalue weighted by atomic mass is 10.2. The maximum atomic E-state index is 10.5. The molecule has 0 aromatic heterocycles. The molecule has 114 valence electrons. The Morgan fingerprint density at radius 2 is 1.30 bits per heavy atom. The van der Waals surface area contributed by atoms with Crippen molar-refractivity contribution in [2.75, 3.05) is 0 Å². The van der Waals surface area contributed by atoms with Crippen LogP contribution in [0.5, 0.6) is 0 Å². The third-order valence-corrected chi connectivity index (χ3v) is 3.20. The molecule has 1 nitrogen and oxygen atoms in total. The van der Waals surface area contributed by atoms with Gasteiger partial charge in [0.25, 0.3) is 0 Å². The van der Waals surface area contributed by atoms with E-state index in [2.05, 4.69) is 43.4 Å². The van der Waals surface area contributed by atoms with Gasteiger partial charge in [-0.25, -0.2) is 0 Å². The van der Waals surface area contributed by atoms with Crippen LogP contribution in [0.15, 0.2) is 36.5 Å². The Morgan fingerprint density at radius 1 is 0.800 bits per heavy atom. The summed E-state index contributed by atoms with van der Waals surface area (Å²) >= 11 is 5.26. The molecule has 0 heterocycles. The molecule has 0 bridgehead atoms. The van der Waals surface area contributed by atoms with E-state index >= 15 is 0 Å². The summed E-state index contributed by atoms with van der Waals surface area (Å²) in [7, 11) is 0. The van der Waals surface area contributed by atoms with Gasteiger partial charge in [-0.3, -0.25) is 4.79 Å². The fraction of sp³-hybridized carbons (Fsp3) is 0.611. The first-order valence-electron chi connectivity index (χ1n) is 7.90. The highest BCUT2D eigenvalue weighted by atomic mass is 35.5. The molecule has 0 spiro atoms. The maximum Gasteiger partial charge on any atom is 0.221 e. The van der Waals surface area contributed by atoms with Crippen molar-refractivity contribution in [3.05, 3.63) is 36.5 Å². The molecule has 0 aromatic rings. The first-order chi connectivity index (χ1) is 9.77. The highest BCUT2D eigenvalue weighted by Gasteiger charge is 1.93. The summed E-state index contributed by atoms with van der Waals surface area (Å²) in [4.78, 5) is 10.5. The number of hydrogen-bond acceptors (Lipinski definition) is 1. The molecule has 0 saturated carbocycles. The van der Waals surface area contributed by atoms with E-state index in [-0.39, 0.29) is 5.24 Å². The van der Waals surface area contributed by atoms with Crippen LogP contribution in [0.2, 0.25) is 0 Å². The molecule has 0 aliphatic carbocycles. The number of allylic oxidation sites excluding steroid dienone is 6. The predicted octanol–water partition coefficient (Wildman–Crippen LogP) is 6.34. The number of carbonyl (C=O) groups is 1. The Labute approximate surface area is 129 Å². The van der Waals surface area contributed by atoms with Gasteiger partial charge in [-0.2, -0.15) is 0 Å². The molecular formula is C18H29ClO. The minimum absolute atomic E-state index is 0.223. The van der Waals surface area contributed by atoms with Crippen molar-refractivity contribution in [2.45, 2.75) is 71.1 Å². The molecule has 0 aliphatic rings. The molecule has 0 fully saturated rings. The van der Waals surface area contributed by atoms with E-state index in [9.17, 15) is 4.79 Å². The number of hydrogen-bond donors (Lipinski definition) is 0. The van der Waals surface area contributed by atoms with Crippen molar-refractivity contribution in [1.82, 2.24) is 0 Å². The van der Waals surface area contributed by atoms with Crippen LogP contribution >= 0.6 is 11.6 Å². The summed E-state index contributed by atoms with van der Waals surface area (Å²) in [5, 5.41) is -0.223. The quantitative estimate of drug-likeness (QED) is 0.220. The molecule has 2 heteroatoms. The molecule has 0 rings (SSSR count). The molecule has 0 N–H and O–H groups in total. The third-order valence-electron chi connectivity index (χ3n) is 3.01. The fourth-order valence-electron chi connectivity index (χ4n) is 1.82. The minimum Gasteiger partial charge on any atom is -0.281 e. The van der Waals surface area contributed by atoms with Gasteiger partial charge in [0.05, 0.1) is 0 Å². The molecule has 0 amide bonds. The van der Waals surface area contributed by atoms with E-state index in [0.717, 1.165) is 32.1 Å². The van der Waals surface area contributed by atoms with E-state index in [0.29, 0.717) is 6.42 Å². The average molecular weight is 297 g/mol. The predicted molar refractivity (Wildman–Crippen MR) is 90.1 cm³/mol. The Bertz CT molecular complexity index is 303. The highest BCUT2D eigenvalue weighted by molar-refractivity contribution is 6.63. The van der Waals surface area contributed by atoms with Gasteiger partial charge >= 0.3 is 0 Å². The Morgan fingerprint density at radius 3 is 1.80 bits per heavy atom. The van der Waals surface area contributed by atoms with Gasteiger partial charge in [0, 0.05) is 6.42 Å². The lowest BCUT2D eigenvalue weighted by molar-refractivity contribution is -0.111. The summed E-state index contributed by atoms with van der Waals surface area (Å²) in [5.74, 6) is 0. The topological polar surface area (TPSA) is 17.1 Å². The first-order valence-corrected chi connectivity index (χ1v) is 8.28. The van der Waals surface area contributed by atoms with Crippen LogP contribution < -0.4 is 0 Å². The number of halogens is 1. The zero-order valence-electron chi connectivity index (χ0n) is 12.8. The van der Waals surface area contributed by atoms with E-state index in [1.807, 2.05) is 0 Å². The van der Waals surface area contributed by atoms with Gasteiger partial charge in [-0.1, -0.05) is 56.2 Å². The monoisotopic (exact) mass is 296 g/mol. The molecule has 0 aliphatic heterocycles. The first kappa shape index (κ1) is 19.2. The lowest BCUT2D eigenvalue weighted by Gasteiger charge is -1.92. The number of unbranched alkanes of at least 4 members (excludes halogenated alkanes) is 5. The van der Waals surface area contributed by atoms with Crippen molar-refractivity contribution in [1.29, 1.82) is 0 Å². The number of carbonyl (C=O) groups excluding carboxylic acids is 1. The zero-order chi connectivity index (χ0) is 14.9. The normalized spacial score (nSPS) is 12.1. The minimum atomic E-state index is -0.223. The molecule has 0 aromatic carbocycles. The van der Waals surface area contributed by atoms with E-state index in [1.165, 1.54) is 25.7 Å². The van der Waals surface area contributed by atoms with Crippen LogP contribution in [0.3, 0.4) is 0 Å². The molecule has 0 saturated heterocycles. The van der Waals surface area contributed by atoms with Gasteiger partial charge in [0.2, 0.25) is 5.24 Å². The van der Waals surface area contributed by atoms with Gasteiger partial charge in [-0.05, 0) is 56.5 Å². The van der Waals surface area contributed by atoms with Crippen molar-refractivity contribution in [3.8, 4) is 0 Å². The molecule has 0 radical (unpaired) electrons. The van der Waals surface area contributed by atoms with Crippen LogP contribution in [0.25, 0.3) is 0 Å². The SMILES string of the molecule is CCCCC/C=C/C/C=C/C/C=C\CCCCC(=O)Cl. The molecule has 0 unspecified atom stereocenters. The maximum absolute atomic E-state index is 10.5. The summed E-state index contributed by atoms with van der Waals surface area (Å²) in [6.45, 7) is 2.23. The highest BCUT2D eigenvalue weighted by Crippen LogP contribution is 2.04. The van der Waals surface area contributed by atoms with Gasteiger partial charge < -0.3 is 0 Å². The third kappa shape index (κ3) is 17.2. The van der Waals surface area contributed by atoms with Crippen LogP contribution in [0.1, 0.15) is 71.1 Å². The second-order valence-electron chi connectivity index (χ2n) is 4.98. The lowest BCUT2D eigenvalue weighted by Crippen LogP contribution is -1.84. The average Bonchev–Trinajstić information content (AvgIpc) is 2.43. The number of rotatable bonds is 13. The molecule has 0 atom stereocenters. The van der Waals surface area contributed by atoms with Crippen LogP contribution in [-0.4, -0.2) is 5.24 Å². The van der Waals surface area contributed by atoms with Gasteiger partial charge in [0.15, 0.2) is 0 Å². The largest absolute Gasteiger partial charge is 0.281 e.